The third-order valence-corrected chi connectivity index (χ3v) is 4.68. The number of nitrogens with one attached hydrogen (secondary N) is 1. The first-order chi connectivity index (χ1) is 14.1. The number of hydrogen-bond acceptors (Lipinski definition) is 5. The summed E-state index contributed by atoms with van der Waals surface area (Å²) in [5.74, 6) is 0.329. The lowest BCUT2D eigenvalue weighted by Gasteiger charge is -2.07. The van der Waals surface area contributed by atoms with Crippen molar-refractivity contribution in [1.29, 1.82) is 0 Å². The molecule has 8 nitrogen and oxygen atoms in total. The van der Waals surface area contributed by atoms with Crippen LogP contribution in [0.15, 0.2) is 61.2 Å². The maximum Gasteiger partial charge on any atom is 0.249 e. The highest BCUT2D eigenvalue weighted by molar-refractivity contribution is 5.99. The first-order valence-electron chi connectivity index (χ1n) is 9.10. The molecule has 146 valence electrons. The van der Waals surface area contributed by atoms with E-state index in [-0.39, 0.29) is 0 Å². The van der Waals surface area contributed by atoms with Crippen LogP contribution in [0.3, 0.4) is 0 Å². The van der Waals surface area contributed by atoms with E-state index in [1.807, 2.05) is 30.3 Å². The number of nitrogens with two attached hydrogens (primary N) is 1. The van der Waals surface area contributed by atoms with Gasteiger partial charge >= 0.3 is 0 Å². The van der Waals surface area contributed by atoms with Crippen LogP contribution in [0.25, 0.3) is 16.9 Å². The number of hydrogen-bond donors (Lipinski definition) is 2. The smallest absolute Gasteiger partial charge is 0.249 e. The number of carbonyl (C=O) groups is 1. The van der Waals surface area contributed by atoms with Crippen LogP contribution >= 0.6 is 0 Å². The topological polar surface area (TPSA) is 112 Å². The zero-order chi connectivity index (χ0) is 20.2. The minimum Gasteiger partial charge on any atom is -0.497 e. The van der Waals surface area contributed by atoms with Crippen molar-refractivity contribution in [2.45, 2.75) is 12.8 Å². The van der Waals surface area contributed by atoms with Gasteiger partial charge in [0.15, 0.2) is 0 Å². The number of nitrogens with zero attached hydrogens (tertiary/aromatic N) is 4. The zero-order valence-electron chi connectivity index (χ0n) is 15.9. The van der Waals surface area contributed by atoms with Gasteiger partial charge < -0.3 is 10.5 Å². The minimum absolute atomic E-state index is 0.403. The number of H-pyrrole nitrogens is 1. The largest absolute Gasteiger partial charge is 0.497 e. The van der Waals surface area contributed by atoms with Crippen molar-refractivity contribution >= 4 is 5.91 Å². The van der Waals surface area contributed by atoms with E-state index in [2.05, 4.69) is 26.3 Å². The number of methoxy groups -OCH3 is 1. The fraction of sp³-hybridized carbons (Fsp3) is 0.143. The highest BCUT2D eigenvalue weighted by Gasteiger charge is 2.15. The van der Waals surface area contributed by atoms with Crippen LogP contribution < -0.4 is 10.5 Å². The van der Waals surface area contributed by atoms with Crippen molar-refractivity contribution in [3.63, 3.8) is 0 Å². The molecule has 0 saturated carbocycles. The summed E-state index contributed by atoms with van der Waals surface area (Å²) in [5, 5.41) is 11.6. The Morgan fingerprint density at radius 3 is 2.83 bits per heavy atom. The normalized spacial score (nSPS) is 10.8. The number of primary amides is 1. The molecule has 8 heteroatoms. The quantitative estimate of drug-likeness (QED) is 0.505. The van der Waals surface area contributed by atoms with Crippen molar-refractivity contribution in [3.8, 4) is 22.7 Å². The molecule has 2 aromatic carbocycles. The molecule has 3 N–H and O–H groups in total. The molecule has 4 aromatic rings. The van der Waals surface area contributed by atoms with E-state index < -0.39 is 5.91 Å². The number of rotatable bonds is 7. The molecule has 0 aliphatic carbocycles. The Morgan fingerprint density at radius 1 is 1.17 bits per heavy atom. The van der Waals surface area contributed by atoms with E-state index in [0.29, 0.717) is 16.8 Å². The first-order valence-corrected chi connectivity index (χ1v) is 9.10. The van der Waals surface area contributed by atoms with E-state index in [1.54, 1.807) is 30.3 Å². The molecular formula is C21H20N6O2. The number of aromatic nitrogens is 5. The number of amides is 1. The first kappa shape index (κ1) is 18.4. The third kappa shape index (κ3) is 4.01. The van der Waals surface area contributed by atoms with E-state index in [9.17, 15) is 4.79 Å². The van der Waals surface area contributed by atoms with Gasteiger partial charge in [0.2, 0.25) is 5.91 Å². The summed E-state index contributed by atoms with van der Waals surface area (Å²) in [6.07, 6.45) is 4.65. The Labute approximate surface area is 167 Å². The molecule has 0 unspecified atom stereocenters. The van der Waals surface area contributed by atoms with Crippen LogP contribution in [0.5, 0.6) is 5.75 Å². The predicted octanol–water partition coefficient (Wildman–Crippen LogP) is 2.55. The molecule has 0 saturated heterocycles. The summed E-state index contributed by atoms with van der Waals surface area (Å²) in [5.41, 5.74) is 10.2. The molecule has 0 aliphatic rings. The Kier molecular flexibility index (Phi) is 5.07. The maximum atomic E-state index is 11.9. The average molecular weight is 388 g/mol. The van der Waals surface area contributed by atoms with Gasteiger partial charge in [0.25, 0.3) is 0 Å². The molecule has 0 bridgehead atoms. The Morgan fingerprint density at radius 2 is 2.07 bits per heavy atom. The molecular weight excluding hydrogens is 368 g/mol. The molecule has 4 rings (SSSR count). The molecule has 0 radical (unpaired) electrons. The van der Waals surface area contributed by atoms with Crippen molar-refractivity contribution in [3.05, 3.63) is 78.0 Å². The van der Waals surface area contributed by atoms with Gasteiger partial charge in [0.05, 0.1) is 18.5 Å². The van der Waals surface area contributed by atoms with Gasteiger partial charge in [-0.1, -0.05) is 12.1 Å². The van der Waals surface area contributed by atoms with Gasteiger partial charge in [-0.05, 0) is 54.8 Å². The second-order valence-electron chi connectivity index (χ2n) is 6.56. The lowest BCUT2D eigenvalue weighted by Crippen LogP contribution is -2.13. The van der Waals surface area contributed by atoms with Crippen molar-refractivity contribution < 1.29 is 9.53 Å². The van der Waals surface area contributed by atoms with E-state index in [0.717, 1.165) is 30.0 Å². The second-order valence-corrected chi connectivity index (χ2v) is 6.56. The fourth-order valence-electron chi connectivity index (χ4n) is 3.18. The predicted molar refractivity (Wildman–Crippen MR) is 108 cm³/mol. The average Bonchev–Trinajstić information content (AvgIpc) is 3.44. The summed E-state index contributed by atoms with van der Waals surface area (Å²) in [7, 11) is 1.66. The van der Waals surface area contributed by atoms with Crippen LogP contribution in [0.2, 0.25) is 0 Å². The van der Waals surface area contributed by atoms with Gasteiger partial charge in [-0.15, -0.1) is 0 Å². The fourth-order valence-corrected chi connectivity index (χ4v) is 3.18. The van der Waals surface area contributed by atoms with Gasteiger partial charge in [-0.3, -0.25) is 9.89 Å². The molecule has 1 amide bonds. The highest BCUT2D eigenvalue weighted by atomic mass is 16.5. The maximum absolute atomic E-state index is 11.9. The highest BCUT2D eigenvalue weighted by Crippen LogP contribution is 2.26. The minimum atomic E-state index is -0.508. The second kappa shape index (κ2) is 7.97. The van der Waals surface area contributed by atoms with E-state index >= 15 is 0 Å². The van der Waals surface area contributed by atoms with E-state index in [4.69, 9.17) is 10.5 Å². The molecule has 0 fully saturated rings. The molecule has 2 aromatic heterocycles. The monoisotopic (exact) mass is 388 g/mol. The summed E-state index contributed by atoms with van der Waals surface area (Å²) < 4.78 is 6.89. The zero-order valence-corrected chi connectivity index (χ0v) is 15.9. The summed E-state index contributed by atoms with van der Waals surface area (Å²) in [4.78, 5) is 15.9. The summed E-state index contributed by atoms with van der Waals surface area (Å²) in [6, 6.07) is 15.2. The molecule has 2 heterocycles. The van der Waals surface area contributed by atoms with Gasteiger partial charge in [0, 0.05) is 16.8 Å². The lowest BCUT2D eigenvalue weighted by atomic mass is 10.0. The SMILES string of the molecule is COc1cccc(CCc2cc(-c3cc(-n4cncn4)ccc3C(N)=O)n[nH]2)c1. The number of aryl methyl sites for hydroxylation is 2. The molecule has 0 aliphatic heterocycles. The molecule has 0 atom stereocenters. The Hall–Kier alpha value is -3.94. The standard InChI is InChI=1S/C21H20N6O2/c1-29-17-4-2-3-14(9-17)5-6-15-10-20(26-25-15)19-11-16(27-13-23-12-24-27)7-8-18(19)21(22)28/h2-4,7-13H,5-6H2,1H3,(H2,22,28)(H,25,26). The molecule has 29 heavy (non-hydrogen) atoms. The Bertz CT molecular complexity index is 1130. The van der Waals surface area contributed by atoms with Crippen LogP contribution in [-0.4, -0.2) is 38.0 Å². The van der Waals surface area contributed by atoms with Crippen LogP contribution in [-0.2, 0) is 12.8 Å². The number of carbonyl (C=O) groups excluding carboxylic acids is 1. The van der Waals surface area contributed by atoms with Gasteiger partial charge in [-0.2, -0.15) is 10.2 Å². The summed E-state index contributed by atoms with van der Waals surface area (Å²) in [6.45, 7) is 0. The molecule has 0 spiro atoms. The Balaban J connectivity index is 1.59. The number of benzene rings is 2. The van der Waals surface area contributed by atoms with Gasteiger partial charge in [-0.25, -0.2) is 9.67 Å². The van der Waals surface area contributed by atoms with Crippen molar-refractivity contribution in [2.24, 2.45) is 5.73 Å². The van der Waals surface area contributed by atoms with Crippen molar-refractivity contribution in [2.75, 3.05) is 7.11 Å². The third-order valence-electron chi connectivity index (χ3n) is 4.68. The van der Waals surface area contributed by atoms with Crippen LogP contribution in [0, 0.1) is 0 Å². The summed E-state index contributed by atoms with van der Waals surface area (Å²) >= 11 is 0. The lowest BCUT2D eigenvalue weighted by molar-refractivity contribution is 0.100. The van der Waals surface area contributed by atoms with E-state index in [1.165, 1.54) is 11.9 Å². The van der Waals surface area contributed by atoms with Crippen LogP contribution in [0.4, 0.5) is 0 Å². The van der Waals surface area contributed by atoms with Crippen LogP contribution in [0.1, 0.15) is 21.6 Å². The number of aromatic amines is 1. The van der Waals surface area contributed by atoms with Gasteiger partial charge in [0.1, 0.15) is 18.4 Å². The van der Waals surface area contributed by atoms with Crippen molar-refractivity contribution in [1.82, 2.24) is 25.0 Å². The number of ether oxygens (including phenoxy) is 1.